The Labute approximate surface area is 108 Å². The Morgan fingerprint density at radius 3 is 3.00 bits per heavy atom. The van der Waals surface area contributed by atoms with Crippen molar-refractivity contribution in [2.75, 3.05) is 39.1 Å². The van der Waals surface area contributed by atoms with Crippen molar-refractivity contribution >= 4 is 5.69 Å². The van der Waals surface area contributed by atoms with E-state index >= 15 is 0 Å². The van der Waals surface area contributed by atoms with Crippen LogP contribution in [0.3, 0.4) is 0 Å². The summed E-state index contributed by atoms with van der Waals surface area (Å²) in [6.07, 6.45) is 2.49. The van der Waals surface area contributed by atoms with E-state index in [0.717, 1.165) is 18.8 Å². The standard InChI is InChI=1S/C14H21FN2O/c1-17-5-3-4-11(10-17)9-16-13-6-12(15)7-14(8-13)18-2/h6-8,11,16H,3-5,9-10H2,1-2H3. The summed E-state index contributed by atoms with van der Waals surface area (Å²) in [5.41, 5.74) is 0.792. The number of hydrogen-bond donors (Lipinski definition) is 1. The summed E-state index contributed by atoms with van der Waals surface area (Å²) in [4.78, 5) is 2.35. The van der Waals surface area contributed by atoms with E-state index in [1.165, 1.54) is 31.5 Å². The van der Waals surface area contributed by atoms with Gasteiger partial charge in [-0.05, 0) is 38.4 Å². The first kappa shape index (κ1) is 13.1. The molecule has 0 bridgehead atoms. The Morgan fingerprint density at radius 1 is 1.44 bits per heavy atom. The molecule has 0 aromatic heterocycles. The normalized spacial score (nSPS) is 20.7. The highest BCUT2D eigenvalue weighted by Gasteiger charge is 2.16. The van der Waals surface area contributed by atoms with Gasteiger partial charge in [0.25, 0.3) is 0 Å². The molecular formula is C14H21FN2O. The number of benzene rings is 1. The molecule has 2 rings (SSSR count). The summed E-state index contributed by atoms with van der Waals surface area (Å²) in [7, 11) is 3.70. The van der Waals surface area contributed by atoms with Crippen LogP contribution in [0.15, 0.2) is 18.2 Å². The van der Waals surface area contributed by atoms with Crippen molar-refractivity contribution in [3.63, 3.8) is 0 Å². The second kappa shape index (κ2) is 6.05. The molecule has 1 aliphatic rings. The van der Waals surface area contributed by atoms with Crippen LogP contribution in [0.4, 0.5) is 10.1 Å². The molecule has 1 fully saturated rings. The van der Waals surface area contributed by atoms with Crippen LogP contribution >= 0.6 is 0 Å². The highest BCUT2D eigenvalue weighted by atomic mass is 19.1. The molecule has 0 saturated carbocycles. The highest BCUT2D eigenvalue weighted by molar-refractivity contribution is 5.48. The van der Waals surface area contributed by atoms with Gasteiger partial charge in [0.1, 0.15) is 11.6 Å². The summed E-state index contributed by atoms with van der Waals surface area (Å²) in [5.74, 6) is 0.925. The number of hydrogen-bond acceptors (Lipinski definition) is 3. The lowest BCUT2D eigenvalue weighted by Gasteiger charge is -2.30. The van der Waals surface area contributed by atoms with Gasteiger partial charge >= 0.3 is 0 Å². The zero-order valence-corrected chi connectivity index (χ0v) is 11.1. The van der Waals surface area contributed by atoms with Gasteiger partial charge in [-0.25, -0.2) is 4.39 Å². The fraction of sp³-hybridized carbons (Fsp3) is 0.571. The summed E-state index contributed by atoms with van der Waals surface area (Å²) in [6, 6.07) is 4.73. The Bertz CT molecular complexity index is 397. The quantitative estimate of drug-likeness (QED) is 0.891. The van der Waals surface area contributed by atoms with Crippen molar-refractivity contribution in [2.24, 2.45) is 5.92 Å². The third kappa shape index (κ3) is 3.60. The number of nitrogens with one attached hydrogen (secondary N) is 1. The van der Waals surface area contributed by atoms with Gasteiger partial charge < -0.3 is 15.0 Å². The molecule has 1 N–H and O–H groups in total. The van der Waals surface area contributed by atoms with E-state index in [2.05, 4.69) is 17.3 Å². The molecule has 1 saturated heterocycles. The van der Waals surface area contributed by atoms with Gasteiger partial charge in [-0.15, -0.1) is 0 Å². The Morgan fingerprint density at radius 2 is 2.28 bits per heavy atom. The van der Waals surface area contributed by atoms with Gasteiger partial charge in [-0.2, -0.15) is 0 Å². The minimum atomic E-state index is -0.266. The van der Waals surface area contributed by atoms with Crippen LogP contribution in [0.2, 0.25) is 0 Å². The molecule has 18 heavy (non-hydrogen) atoms. The topological polar surface area (TPSA) is 24.5 Å². The third-order valence-corrected chi connectivity index (χ3v) is 3.42. The van der Waals surface area contributed by atoms with Crippen LogP contribution in [0.5, 0.6) is 5.75 Å². The number of rotatable bonds is 4. The molecule has 1 aromatic rings. The molecule has 1 aromatic carbocycles. The average molecular weight is 252 g/mol. The van der Waals surface area contributed by atoms with E-state index in [0.29, 0.717) is 11.7 Å². The maximum atomic E-state index is 13.3. The second-order valence-electron chi connectivity index (χ2n) is 5.03. The van der Waals surface area contributed by atoms with Gasteiger partial charge in [0.2, 0.25) is 0 Å². The summed E-state index contributed by atoms with van der Waals surface area (Å²) in [6.45, 7) is 3.18. The van der Waals surface area contributed by atoms with E-state index in [1.807, 2.05) is 6.07 Å². The first-order chi connectivity index (χ1) is 8.67. The van der Waals surface area contributed by atoms with Crippen LogP contribution < -0.4 is 10.1 Å². The predicted octanol–water partition coefficient (Wildman–Crippen LogP) is 2.59. The highest BCUT2D eigenvalue weighted by Crippen LogP contribution is 2.21. The van der Waals surface area contributed by atoms with Crippen molar-refractivity contribution < 1.29 is 9.13 Å². The predicted molar refractivity (Wildman–Crippen MR) is 71.7 cm³/mol. The molecule has 3 nitrogen and oxygen atoms in total. The maximum Gasteiger partial charge on any atom is 0.128 e. The number of anilines is 1. The molecule has 100 valence electrons. The fourth-order valence-electron chi connectivity index (χ4n) is 2.48. The van der Waals surface area contributed by atoms with Crippen LogP contribution in [-0.2, 0) is 0 Å². The van der Waals surface area contributed by atoms with Gasteiger partial charge in [0.15, 0.2) is 0 Å². The zero-order chi connectivity index (χ0) is 13.0. The molecule has 4 heteroatoms. The lowest BCUT2D eigenvalue weighted by atomic mass is 9.98. The SMILES string of the molecule is COc1cc(F)cc(NCC2CCCN(C)C2)c1. The van der Waals surface area contributed by atoms with Gasteiger partial charge in [0.05, 0.1) is 7.11 Å². The first-order valence-electron chi connectivity index (χ1n) is 6.44. The molecule has 0 radical (unpaired) electrons. The van der Waals surface area contributed by atoms with Crippen molar-refractivity contribution in [2.45, 2.75) is 12.8 Å². The minimum absolute atomic E-state index is 0.266. The minimum Gasteiger partial charge on any atom is -0.497 e. The Hall–Kier alpha value is -1.29. The first-order valence-corrected chi connectivity index (χ1v) is 6.44. The maximum absolute atomic E-state index is 13.3. The van der Waals surface area contributed by atoms with E-state index in [1.54, 1.807) is 7.11 Å². The zero-order valence-electron chi connectivity index (χ0n) is 11.1. The van der Waals surface area contributed by atoms with E-state index in [-0.39, 0.29) is 5.82 Å². The molecule has 1 unspecified atom stereocenters. The van der Waals surface area contributed by atoms with E-state index < -0.39 is 0 Å². The number of ether oxygens (including phenoxy) is 1. The third-order valence-electron chi connectivity index (χ3n) is 3.42. The van der Waals surface area contributed by atoms with Crippen molar-refractivity contribution in [3.8, 4) is 5.75 Å². The molecule has 1 heterocycles. The number of halogens is 1. The van der Waals surface area contributed by atoms with Gasteiger partial charge in [-0.1, -0.05) is 0 Å². The molecule has 0 aliphatic carbocycles. The molecule has 0 spiro atoms. The number of nitrogens with zero attached hydrogens (tertiary/aromatic N) is 1. The second-order valence-corrected chi connectivity index (χ2v) is 5.03. The van der Waals surface area contributed by atoms with Crippen molar-refractivity contribution in [3.05, 3.63) is 24.0 Å². The lowest BCUT2D eigenvalue weighted by molar-refractivity contribution is 0.217. The Balaban J connectivity index is 1.91. The van der Waals surface area contributed by atoms with E-state index in [4.69, 9.17) is 4.74 Å². The van der Waals surface area contributed by atoms with Crippen LogP contribution in [0.25, 0.3) is 0 Å². The van der Waals surface area contributed by atoms with Gasteiger partial charge in [0, 0.05) is 30.9 Å². The molecule has 1 aliphatic heterocycles. The number of likely N-dealkylation sites (tertiary alicyclic amines) is 1. The average Bonchev–Trinajstić information content (AvgIpc) is 2.36. The van der Waals surface area contributed by atoms with Crippen molar-refractivity contribution in [1.82, 2.24) is 4.90 Å². The Kier molecular flexibility index (Phi) is 4.42. The summed E-state index contributed by atoms with van der Waals surface area (Å²) >= 11 is 0. The monoisotopic (exact) mass is 252 g/mol. The lowest BCUT2D eigenvalue weighted by Crippen LogP contribution is -2.35. The smallest absolute Gasteiger partial charge is 0.128 e. The molecular weight excluding hydrogens is 231 g/mol. The molecule has 1 atom stereocenters. The summed E-state index contributed by atoms with van der Waals surface area (Å²) in [5, 5.41) is 3.30. The summed E-state index contributed by atoms with van der Waals surface area (Å²) < 4.78 is 18.4. The van der Waals surface area contributed by atoms with Gasteiger partial charge in [-0.3, -0.25) is 0 Å². The van der Waals surface area contributed by atoms with Crippen LogP contribution in [0, 0.1) is 11.7 Å². The fourth-order valence-corrected chi connectivity index (χ4v) is 2.48. The van der Waals surface area contributed by atoms with E-state index in [9.17, 15) is 4.39 Å². The largest absolute Gasteiger partial charge is 0.497 e. The number of methoxy groups -OCH3 is 1. The van der Waals surface area contributed by atoms with Crippen molar-refractivity contribution in [1.29, 1.82) is 0 Å². The van der Waals surface area contributed by atoms with Crippen LogP contribution in [0.1, 0.15) is 12.8 Å². The number of piperidine rings is 1. The van der Waals surface area contributed by atoms with Crippen LogP contribution in [-0.4, -0.2) is 38.7 Å². The molecule has 0 amide bonds.